The quantitative estimate of drug-likeness (QED) is 0.794. The van der Waals surface area contributed by atoms with E-state index in [0.29, 0.717) is 16.7 Å². The van der Waals surface area contributed by atoms with Gasteiger partial charge in [-0.05, 0) is 54.7 Å². The number of halogens is 1. The van der Waals surface area contributed by atoms with Crippen LogP contribution in [0.2, 0.25) is 5.02 Å². The molecular weight excluding hydrogens is 284 g/mol. The van der Waals surface area contributed by atoms with Crippen LogP contribution in [-0.2, 0) is 0 Å². The van der Waals surface area contributed by atoms with Crippen LogP contribution in [0.1, 0.15) is 49.5 Å². The molecule has 0 amide bonds. The summed E-state index contributed by atoms with van der Waals surface area (Å²) in [6.07, 6.45) is -0.540. The smallest absolute Gasteiger partial charge is 0.146 e. The van der Waals surface area contributed by atoms with E-state index in [1.54, 1.807) is 19.1 Å². The van der Waals surface area contributed by atoms with Crippen LogP contribution in [0.4, 0.5) is 0 Å². The Kier molecular flexibility index (Phi) is 4.92. The van der Waals surface area contributed by atoms with E-state index in [-0.39, 0.29) is 0 Å². The van der Waals surface area contributed by atoms with Gasteiger partial charge in [0, 0.05) is 0 Å². The minimum Gasteiger partial charge on any atom is -0.455 e. The molecule has 3 heteroatoms. The summed E-state index contributed by atoms with van der Waals surface area (Å²) in [6.45, 7) is 8.02. The van der Waals surface area contributed by atoms with Crippen molar-refractivity contribution >= 4 is 11.6 Å². The summed E-state index contributed by atoms with van der Waals surface area (Å²) in [5, 5.41) is 10.1. The normalized spacial score (nSPS) is 12.5. The number of rotatable bonds is 4. The molecule has 0 fully saturated rings. The Balaban J connectivity index is 2.36. The standard InChI is InChI=1S/C18H21ClO2/c1-11(2)15-7-5-12(3)9-18(15)21-17-8-6-14(13(4)20)10-16(17)19/h5-11,13,20H,1-4H3. The molecule has 1 unspecified atom stereocenters. The number of benzene rings is 2. The zero-order chi connectivity index (χ0) is 15.6. The molecule has 0 radical (unpaired) electrons. The van der Waals surface area contributed by atoms with E-state index in [9.17, 15) is 5.11 Å². The summed E-state index contributed by atoms with van der Waals surface area (Å²) in [6, 6.07) is 11.6. The molecule has 0 saturated heterocycles. The van der Waals surface area contributed by atoms with Crippen LogP contribution in [0.3, 0.4) is 0 Å². The zero-order valence-corrected chi connectivity index (χ0v) is 13.6. The third-order valence-corrected chi connectivity index (χ3v) is 3.74. The summed E-state index contributed by atoms with van der Waals surface area (Å²) >= 11 is 6.26. The molecule has 0 aliphatic carbocycles. The molecule has 2 aromatic carbocycles. The monoisotopic (exact) mass is 304 g/mol. The molecule has 0 spiro atoms. The Morgan fingerprint density at radius 1 is 1.00 bits per heavy atom. The van der Waals surface area contributed by atoms with E-state index in [1.165, 1.54) is 0 Å². The molecule has 0 heterocycles. The van der Waals surface area contributed by atoms with Crippen molar-refractivity contribution in [2.45, 2.75) is 39.7 Å². The van der Waals surface area contributed by atoms with Gasteiger partial charge in [-0.3, -0.25) is 0 Å². The Hall–Kier alpha value is -1.51. The van der Waals surface area contributed by atoms with Crippen molar-refractivity contribution < 1.29 is 9.84 Å². The van der Waals surface area contributed by atoms with Gasteiger partial charge in [0.05, 0.1) is 11.1 Å². The second-order valence-corrected chi connectivity index (χ2v) is 6.07. The van der Waals surface area contributed by atoms with Gasteiger partial charge in [-0.15, -0.1) is 0 Å². The van der Waals surface area contributed by atoms with Crippen LogP contribution < -0.4 is 4.74 Å². The lowest BCUT2D eigenvalue weighted by Crippen LogP contribution is -1.96. The molecular formula is C18H21ClO2. The van der Waals surface area contributed by atoms with Crippen LogP contribution in [0.25, 0.3) is 0 Å². The van der Waals surface area contributed by atoms with E-state index in [4.69, 9.17) is 16.3 Å². The van der Waals surface area contributed by atoms with Crippen molar-refractivity contribution in [2.24, 2.45) is 0 Å². The van der Waals surface area contributed by atoms with Crippen LogP contribution in [0, 0.1) is 6.92 Å². The van der Waals surface area contributed by atoms with E-state index in [2.05, 4.69) is 26.0 Å². The lowest BCUT2D eigenvalue weighted by Gasteiger charge is -2.16. The van der Waals surface area contributed by atoms with Crippen LogP contribution >= 0.6 is 11.6 Å². The van der Waals surface area contributed by atoms with Crippen molar-refractivity contribution in [1.29, 1.82) is 0 Å². The first-order valence-electron chi connectivity index (χ1n) is 7.14. The molecule has 21 heavy (non-hydrogen) atoms. The molecule has 0 saturated carbocycles. The maximum absolute atomic E-state index is 9.58. The summed E-state index contributed by atoms with van der Waals surface area (Å²) in [4.78, 5) is 0. The van der Waals surface area contributed by atoms with Gasteiger partial charge in [-0.25, -0.2) is 0 Å². The lowest BCUT2D eigenvalue weighted by molar-refractivity contribution is 0.199. The van der Waals surface area contributed by atoms with Gasteiger partial charge in [-0.1, -0.05) is 43.6 Å². The van der Waals surface area contributed by atoms with Gasteiger partial charge in [0.15, 0.2) is 0 Å². The Morgan fingerprint density at radius 3 is 2.29 bits per heavy atom. The first-order valence-corrected chi connectivity index (χ1v) is 7.52. The van der Waals surface area contributed by atoms with Crippen molar-refractivity contribution in [3.63, 3.8) is 0 Å². The number of aliphatic hydroxyl groups excluding tert-OH is 1. The maximum Gasteiger partial charge on any atom is 0.146 e. The van der Waals surface area contributed by atoms with E-state index >= 15 is 0 Å². The highest BCUT2D eigenvalue weighted by Crippen LogP contribution is 2.35. The predicted molar refractivity (Wildman–Crippen MR) is 87.4 cm³/mol. The fraction of sp³-hybridized carbons (Fsp3) is 0.333. The van der Waals surface area contributed by atoms with Gasteiger partial charge in [0.2, 0.25) is 0 Å². The van der Waals surface area contributed by atoms with Gasteiger partial charge < -0.3 is 9.84 Å². The minimum absolute atomic E-state index is 0.371. The number of hydrogen-bond donors (Lipinski definition) is 1. The summed E-state index contributed by atoms with van der Waals surface area (Å²) < 4.78 is 6.00. The van der Waals surface area contributed by atoms with Gasteiger partial charge in [0.1, 0.15) is 11.5 Å². The minimum atomic E-state index is -0.540. The summed E-state index contributed by atoms with van der Waals surface area (Å²) in [5.41, 5.74) is 3.07. The number of aryl methyl sites for hydroxylation is 1. The molecule has 112 valence electrons. The van der Waals surface area contributed by atoms with Crippen LogP contribution in [-0.4, -0.2) is 5.11 Å². The number of hydrogen-bond acceptors (Lipinski definition) is 2. The second kappa shape index (κ2) is 6.50. The van der Waals surface area contributed by atoms with Gasteiger partial charge in [0.25, 0.3) is 0 Å². The average Bonchev–Trinajstić information content (AvgIpc) is 2.40. The molecule has 0 aliphatic heterocycles. The SMILES string of the molecule is Cc1ccc(C(C)C)c(Oc2ccc(C(C)O)cc2Cl)c1. The lowest BCUT2D eigenvalue weighted by atomic mass is 10.0. The Labute approximate surface area is 131 Å². The van der Waals surface area contributed by atoms with Crippen molar-refractivity contribution in [3.8, 4) is 11.5 Å². The second-order valence-electron chi connectivity index (χ2n) is 5.66. The van der Waals surface area contributed by atoms with Gasteiger partial charge in [-0.2, -0.15) is 0 Å². The molecule has 0 aliphatic rings. The third-order valence-electron chi connectivity index (χ3n) is 3.45. The summed E-state index contributed by atoms with van der Waals surface area (Å²) in [5.74, 6) is 1.81. The fourth-order valence-corrected chi connectivity index (χ4v) is 2.41. The molecule has 0 bridgehead atoms. The fourth-order valence-electron chi connectivity index (χ4n) is 2.19. The van der Waals surface area contributed by atoms with Crippen LogP contribution in [0.15, 0.2) is 36.4 Å². The highest BCUT2D eigenvalue weighted by molar-refractivity contribution is 6.32. The van der Waals surface area contributed by atoms with E-state index < -0.39 is 6.10 Å². The maximum atomic E-state index is 9.58. The van der Waals surface area contributed by atoms with E-state index in [1.807, 2.05) is 19.1 Å². The highest BCUT2D eigenvalue weighted by atomic mass is 35.5. The molecule has 2 rings (SSSR count). The Bertz CT molecular complexity index is 633. The van der Waals surface area contributed by atoms with Crippen molar-refractivity contribution in [3.05, 3.63) is 58.1 Å². The zero-order valence-electron chi connectivity index (χ0n) is 12.9. The average molecular weight is 305 g/mol. The molecule has 1 N–H and O–H groups in total. The van der Waals surface area contributed by atoms with Crippen molar-refractivity contribution in [2.75, 3.05) is 0 Å². The molecule has 0 aromatic heterocycles. The highest BCUT2D eigenvalue weighted by Gasteiger charge is 2.12. The molecule has 2 nitrogen and oxygen atoms in total. The number of ether oxygens (including phenoxy) is 1. The van der Waals surface area contributed by atoms with Crippen molar-refractivity contribution in [1.82, 2.24) is 0 Å². The first kappa shape index (κ1) is 15.9. The van der Waals surface area contributed by atoms with Crippen LogP contribution in [0.5, 0.6) is 11.5 Å². The van der Waals surface area contributed by atoms with Gasteiger partial charge >= 0.3 is 0 Å². The number of aliphatic hydroxyl groups is 1. The predicted octanol–water partition coefficient (Wildman–Crippen LogP) is 5.62. The first-order chi connectivity index (χ1) is 9.88. The Morgan fingerprint density at radius 2 is 1.71 bits per heavy atom. The largest absolute Gasteiger partial charge is 0.455 e. The topological polar surface area (TPSA) is 29.5 Å². The third kappa shape index (κ3) is 3.78. The van der Waals surface area contributed by atoms with E-state index in [0.717, 1.165) is 22.4 Å². The molecule has 2 aromatic rings. The molecule has 1 atom stereocenters. The summed E-state index contributed by atoms with van der Waals surface area (Å²) in [7, 11) is 0.